The van der Waals surface area contributed by atoms with Gasteiger partial charge in [0.15, 0.2) is 0 Å². The second kappa shape index (κ2) is 5.24. The maximum absolute atomic E-state index is 13.5. The first-order valence-corrected chi connectivity index (χ1v) is 7.61. The molecule has 0 aliphatic heterocycles. The van der Waals surface area contributed by atoms with Gasteiger partial charge in [0.25, 0.3) is 0 Å². The molecule has 0 spiro atoms. The summed E-state index contributed by atoms with van der Waals surface area (Å²) in [5.74, 6) is -0.592. The Morgan fingerprint density at radius 1 is 1.39 bits per heavy atom. The Labute approximate surface area is 107 Å². The van der Waals surface area contributed by atoms with Gasteiger partial charge in [-0.2, -0.15) is 0 Å². The molecule has 0 aromatic heterocycles. The fraction of sp³-hybridized carbons (Fsp3) is 0.500. The van der Waals surface area contributed by atoms with E-state index in [0.29, 0.717) is 12.6 Å². The number of sulfonamides is 1. The second-order valence-corrected chi connectivity index (χ2v) is 6.47. The third kappa shape index (κ3) is 3.96. The monoisotopic (exact) mass is 272 g/mol. The van der Waals surface area contributed by atoms with Crippen LogP contribution in [0.1, 0.15) is 18.4 Å². The molecule has 1 saturated carbocycles. The van der Waals surface area contributed by atoms with Crippen LogP contribution in [0, 0.1) is 12.7 Å². The summed E-state index contributed by atoms with van der Waals surface area (Å²) in [6.45, 7) is 2.15. The molecule has 1 fully saturated rings. The van der Waals surface area contributed by atoms with Crippen molar-refractivity contribution in [2.45, 2.75) is 25.8 Å². The number of benzene rings is 1. The third-order valence-corrected chi connectivity index (χ3v) is 4.04. The van der Waals surface area contributed by atoms with E-state index in [1.165, 1.54) is 12.1 Å². The molecule has 1 aromatic carbocycles. The summed E-state index contributed by atoms with van der Waals surface area (Å²) >= 11 is 0. The average Bonchev–Trinajstić information content (AvgIpc) is 3.06. The van der Waals surface area contributed by atoms with Gasteiger partial charge in [-0.1, -0.05) is 6.07 Å². The second-order valence-electron chi connectivity index (χ2n) is 4.63. The van der Waals surface area contributed by atoms with Gasteiger partial charge in [0.05, 0.1) is 11.4 Å². The summed E-state index contributed by atoms with van der Waals surface area (Å²) in [7, 11) is -3.49. The lowest BCUT2D eigenvalue weighted by Crippen LogP contribution is -2.28. The molecule has 0 bridgehead atoms. The molecule has 2 N–H and O–H groups in total. The zero-order chi connectivity index (χ0) is 13.2. The quantitative estimate of drug-likeness (QED) is 0.827. The van der Waals surface area contributed by atoms with Crippen molar-refractivity contribution in [2.24, 2.45) is 0 Å². The summed E-state index contributed by atoms with van der Waals surface area (Å²) in [4.78, 5) is 0. The fourth-order valence-electron chi connectivity index (χ4n) is 1.61. The molecule has 0 atom stereocenters. The van der Waals surface area contributed by atoms with Crippen LogP contribution in [0.5, 0.6) is 0 Å². The summed E-state index contributed by atoms with van der Waals surface area (Å²) < 4.78 is 39.2. The van der Waals surface area contributed by atoms with E-state index in [4.69, 9.17) is 0 Å². The number of hydrogen-bond donors (Lipinski definition) is 2. The summed E-state index contributed by atoms with van der Waals surface area (Å²) in [6, 6.07) is 4.89. The average molecular weight is 272 g/mol. The Kier molecular flexibility index (Phi) is 3.87. The standard InChI is InChI=1S/C12H17FN2O2S/c1-9-2-5-12(11(13)8-9)15-18(16,17)7-6-14-10-3-4-10/h2,5,8,10,14-15H,3-4,6-7H2,1H3. The van der Waals surface area contributed by atoms with Crippen LogP contribution in [-0.2, 0) is 10.0 Å². The Balaban J connectivity index is 1.93. The number of rotatable bonds is 6. The first kappa shape index (κ1) is 13.3. The van der Waals surface area contributed by atoms with Crippen molar-refractivity contribution in [3.05, 3.63) is 29.6 Å². The van der Waals surface area contributed by atoms with E-state index in [-0.39, 0.29) is 11.4 Å². The lowest BCUT2D eigenvalue weighted by molar-refractivity contribution is 0.593. The summed E-state index contributed by atoms with van der Waals surface area (Å²) in [5.41, 5.74) is 0.762. The van der Waals surface area contributed by atoms with Crippen LogP contribution in [0.4, 0.5) is 10.1 Å². The van der Waals surface area contributed by atoms with Crippen LogP contribution < -0.4 is 10.0 Å². The van der Waals surface area contributed by atoms with Gasteiger partial charge in [-0.15, -0.1) is 0 Å². The third-order valence-electron chi connectivity index (χ3n) is 2.77. The van der Waals surface area contributed by atoms with Gasteiger partial charge in [-0.3, -0.25) is 4.72 Å². The zero-order valence-corrected chi connectivity index (χ0v) is 11.1. The molecule has 0 heterocycles. The zero-order valence-electron chi connectivity index (χ0n) is 10.2. The maximum atomic E-state index is 13.5. The number of anilines is 1. The van der Waals surface area contributed by atoms with Crippen molar-refractivity contribution < 1.29 is 12.8 Å². The molecule has 1 aromatic rings. The predicted molar refractivity (Wildman–Crippen MR) is 69.6 cm³/mol. The van der Waals surface area contributed by atoms with E-state index >= 15 is 0 Å². The van der Waals surface area contributed by atoms with Crippen molar-refractivity contribution in [2.75, 3.05) is 17.0 Å². The SMILES string of the molecule is Cc1ccc(NS(=O)(=O)CCNC2CC2)c(F)c1. The first-order chi connectivity index (χ1) is 8.46. The highest BCUT2D eigenvalue weighted by Gasteiger charge is 2.21. The topological polar surface area (TPSA) is 58.2 Å². The van der Waals surface area contributed by atoms with E-state index in [1.807, 2.05) is 0 Å². The van der Waals surface area contributed by atoms with Gasteiger partial charge in [0.2, 0.25) is 10.0 Å². The molecule has 2 rings (SSSR count). The van der Waals surface area contributed by atoms with Crippen molar-refractivity contribution in [3.63, 3.8) is 0 Å². The Morgan fingerprint density at radius 2 is 2.11 bits per heavy atom. The minimum absolute atomic E-state index is 0.00650. The minimum Gasteiger partial charge on any atom is -0.313 e. The van der Waals surface area contributed by atoms with Gasteiger partial charge >= 0.3 is 0 Å². The maximum Gasteiger partial charge on any atom is 0.234 e. The summed E-state index contributed by atoms with van der Waals surface area (Å²) in [6.07, 6.45) is 2.22. The molecular formula is C12H17FN2O2S. The van der Waals surface area contributed by atoms with Gasteiger partial charge < -0.3 is 5.32 Å². The number of hydrogen-bond acceptors (Lipinski definition) is 3. The molecule has 0 radical (unpaired) electrons. The molecular weight excluding hydrogens is 255 g/mol. The van der Waals surface area contributed by atoms with E-state index < -0.39 is 15.8 Å². The molecule has 6 heteroatoms. The molecule has 0 saturated heterocycles. The fourth-order valence-corrected chi connectivity index (χ4v) is 2.60. The van der Waals surface area contributed by atoms with Crippen LogP contribution in [0.3, 0.4) is 0 Å². The lowest BCUT2D eigenvalue weighted by Gasteiger charge is -2.09. The highest BCUT2D eigenvalue weighted by molar-refractivity contribution is 7.92. The molecule has 1 aliphatic carbocycles. The van der Waals surface area contributed by atoms with Crippen molar-refractivity contribution in [3.8, 4) is 0 Å². The molecule has 4 nitrogen and oxygen atoms in total. The van der Waals surface area contributed by atoms with E-state index in [0.717, 1.165) is 18.4 Å². The normalized spacial score (nSPS) is 15.7. The van der Waals surface area contributed by atoms with Crippen molar-refractivity contribution >= 4 is 15.7 Å². The van der Waals surface area contributed by atoms with E-state index in [2.05, 4.69) is 10.0 Å². The highest BCUT2D eigenvalue weighted by Crippen LogP contribution is 2.19. The van der Waals surface area contributed by atoms with Crippen LogP contribution in [-0.4, -0.2) is 26.8 Å². The Bertz CT molecular complexity index is 527. The van der Waals surface area contributed by atoms with E-state index in [1.54, 1.807) is 13.0 Å². The molecule has 18 heavy (non-hydrogen) atoms. The number of nitrogens with one attached hydrogen (secondary N) is 2. The lowest BCUT2D eigenvalue weighted by atomic mass is 10.2. The molecule has 0 amide bonds. The van der Waals surface area contributed by atoms with Crippen LogP contribution >= 0.6 is 0 Å². The van der Waals surface area contributed by atoms with Gasteiger partial charge in [0, 0.05) is 12.6 Å². The number of aryl methyl sites for hydroxylation is 1. The van der Waals surface area contributed by atoms with E-state index in [9.17, 15) is 12.8 Å². The molecule has 0 unspecified atom stereocenters. The molecule has 1 aliphatic rings. The van der Waals surface area contributed by atoms with Gasteiger partial charge in [-0.05, 0) is 37.5 Å². The smallest absolute Gasteiger partial charge is 0.234 e. The Morgan fingerprint density at radius 3 is 2.72 bits per heavy atom. The van der Waals surface area contributed by atoms with Crippen LogP contribution in [0.15, 0.2) is 18.2 Å². The van der Waals surface area contributed by atoms with Crippen molar-refractivity contribution in [1.82, 2.24) is 5.32 Å². The first-order valence-electron chi connectivity index (χ1n) is 5.96. The van der Waals surface area contributed by atoms with Crippen LogP contribution in [0.25, 0.3) is 0 Å². The van der Waals surface area contributed by atoms with Crippen molar-refractivity contribution in [1.29, 1.82) is 0 Å². The highest BCUT2D eigenvalue weighted by atomic mass is 32.2. The van der Waals surface area contributed by atoms with Gasteiger partial charge in [-0.25, -0.2) is 12.8 Å². The largest absolute Gasteiger partial charge is 0.313 e. The Hall–Kier alpha value is -1.14. The number of halogens is 1. The minimum atomic E-state index is -3.49. The molecule has 100 valence electrons. The van der Waals surface area contributed by atoms with Crippen LogP contribution in [0.2, 0.25) is 0 Å². The predicted octanol–water partition coefficient (Wildman–Crippen LogP) is 1.63. The van der Waals surface area contributed by atoms with Gasteiger partial charge in [0.1, 0.15) is 5.82 Å². The summed E-state index contributed by atoms with van der Waals surface area (Å²) in [5, 5.41) is 3.11.